The number of nitrogens with zero attached hydrogens (tertiary/aromatic N) is 1. The van der Waals surface area contributed by atoms with Crippen LogP contribution in [0, 0.1) is 0 Å². The number of pyridine rings is 1. The van der Waals surface area contributed by atoms with E-state index in [2.05, 4.69) is 4.98 Å². The first-order valence-corrected chi connectivity index (χ1v) is 7.88. The van der Waals surface area contributed by atoms with Crippen molar-refractivity contribution in [2.24, 2.45) is 0 Å². The van der Waals surface area contributed by atoms with Crippen molar-refractivity contribution in [3.8, 4) is 5.75 Å². The molecule has 4 nitrogen and oxygen atoms in total. The lowest BCUT2D eigenvalue weighted by atomic mass is 9.95. The second-order valence-corrected chi connectivity index (χ2v) is 6.19. The maximum atomic E-state index is 12.5. The third-order valence-corrected chi connectivity index (χ3v) is 4.93. The number of nitrogens with two attached hydrogens (primary N) is 1. The molecule has 0 bridgehead atoms. The molecule has 1 aromatic carbocycles. The number of aromatic nitrogens is 1. The van der Waals surface area contributed by atoms with Crippen molar-refractivity contribution in [2.45, 2.75) is 17.4 Å². The molecule has 0 saturated carbocycles. The molecule has 20 heavy (non-hydrogen) atoms. The molecule has 2 atom stereocenters. The van der Waals surface area contributed by atoms with Crippen molar-refractivity contribution in [3.63, 3.8) is 0 Å². The maximum absolute atomic E-state index is 12.5. The lowest BCUT2D eigenvalue weighted by Crippen LogP contribution is -2.19. The minimum absolute atomic E-state index is 0.224. The number of benzene rings is 1. The van der Waals surface area contributed by atoms with Crippen LogP contribution in [-0.2, 0) is 10.8 Å². The second-order valence-electron chi connectivity index (χ2n) is 4.78. The quantitative estimate of drug-likeness (QED) is 0.941. The number of para-hydroxylation sites is 1. The van der Waals surface area contributed by atoms with E-state index >= 15 is 0 Å². The van der Waals surface area contributed by atoms with Gasteiger partial charge in [-0.1, -0.05) is 18.2 Å². The highest BCUT2D eigenvalue weighted by Gasteiger charge is 2.24. The van der Waals surface area contributed by atoms with Gasteiger partial charge in [0.15, 0.2) is 0 Å². The first-order chi connectivity index (χ1) is 9.75. The Hall–Kier alpha value is -1.88. The van der Waals surface area contributed by atoms with E-state index < -0.39 is 10.8 Å². The fraction of sp³-hybridized carbons (Fsp3) is 0.267. The van der Waals surface area contributed by atoms with E-state index in [1.54, 1.807) is 18.3 Å². The standard InChI is InChI=1S/C15H16N2O2S/c16-13-5-3-8-17-15(13)20(18)10-11-7-9-19-14-6-2-1-4-12(11)14/h1-6,8,11H,7,9-10,16H2. The molecule has 0 radical (unpaired) electrons. The largest absolute Gasteiger partial charge is 0.493 e. The molecule has 2 aromatic rings. The Labute approximate surface area is 120 Å². The summed E-state index contributed by atoms with van der Waals surface area (Å²) in [7, 11) is -1.19. The lowest BCUT2D eigenvalue weighted by Gasteiger charge is -2.25. The van der Waals surface area contributed by atoms with Crippen molar-refractivity contribution >= 4 is 16.5 Å². The molecule has 0 amide bonds. The van der Waals surface area contributed by atoms with Gasteiger partial charge < -0.3 is 10.5 Å². The Balaban J connectivity index is 1.83. The van der Waals surface area contributed by atoms with Crippen LogP contribution in [-0.4, -0.2) is 21.6 Å². The van der Waals surface area contributed by atoms with Gasteiger partial charge in [-0.15, -0.1) is 0 Å². The van der Waals surface area contributed by atoms with Gasteiger partial charge >= 0.3 is 0 Å². The number of fused-ring (bicyclic) bond motifs is 1. The van der Waals surface area contributed by atoms with E-state index in [0.717, 1.165) is 17.7 Å². The topological polar surface area (TPSA) is 65.2 Å². The van der Waals surface area contributed by atoms with Crippen LogP contribution in [0.4, 0.5) is 5.69 Å². The van der Waals surface area contributed by atoms with Crippen LogP contribution in [0.3, 0.4) is 0 Å². The highest BCUT2D eigenvalue weighted by atomic mass is 32.2. The monoisotopic (exact) mass is 288 g/mol. The number of rotatable bonds is 3. The van der Waals surface area contributed by atoms with Crippen molar-refractivity contribution in [3.05, 3.63) is 48.2 Å². The summed E-state index contributed by atoms with van der Waals surface area (Å²) < 4.78 is 18.1. The minimum Gasteiger partial charge on any atom is -0.493 e. The maximum Gasteiger partial charge on any atom is 0.150 e. The molecule has 0 saturated heterocycles. The van der Waals surface area contributed by atoms with E-state index in [9.17, 15) is 4.21 Å². The second kappa shape index (κ2) is 5.63. The summed E-state index contributed by atoms with van der Waals surface area (Å²) in [4.78, 5) is 4.14. The first kappa shape index (κ1) is 13.1. The van der Waals surface area contributed by atoms with Crippen molar-refractivity contribution in [1.29, 1.82) is 0 Å². The third-order valence-electron chi connectivity index (χ3n) is 3.45. The van der Waals surface area contributed by atoms with Crippen LogP contribution in [0.1, 0.15) is 17.9 Å². The summed E-state index contributed by atoms with van der Waals surface area (Å²) >= 11 is 0. The molecule has 5 heteroatoms. The van der Waals surface area contributed by atoms with Crippen LogP contribution in [0.5, 0.6) is 5.75 Å². The van der Waals surface area contributed by atoms with Crippen molar-refractivity contribution < 1.29 is 8.95 Å². The van der Waals surface area contributed by atoms with Gasteiger partial charge in [0, 0.05) is 17.9 Å². The fourth-order valence-electron chi connectivity index (χ4n) is 2.44. The zero-order valence-electron chi connectivity index (χ0n) is 11.0. The third kappa shape index (κ3) is 2.54. The van der Waals surface area contributed by atoms with Gasteiger partial charge in [-0.25, -0.2) is 4.98 Å². The van der Waals surface area contributed by atoms with Crippen LogP contribution < -0.4 is 10.5 Å². The number of hydrogen-bond donors (Lipinski definition) is 1. The van der Waals surface area contributed by atoms with Gasteiger partial charge in [0.2, 0.25) is 0 Å². The molecule has 104 valence electrons. The van der Waals surface area contributed by atoms with Gasteiger partial charge in [0.1, 0.15) is 10.8 Å². The zero-order valence-corrected chi connectivity index (χ0v) is 11.8. The molecule has 1 aromatic heterocycles. The Morgan fingerprint density at radius 3 is 3.00 bits per heavy atom. The molecule has 3 rings (SSSR count). The minimum atomic E-state index is -1.19. The Kier molecular flexibility index (Phi) is 3.69. The van der Waals surface area contributed by atoms with E-state index in [0.29, 0.717) is 23.1 Å². The number of anilines is 1. The van der Waals surface area contributed by atoms with Crippen LogP contribution in [0.25, 0.3) is 0 Å². The average molecular weight is 288 g/mol. The Bertz CT molecular complexity index is 645. The Morgan fingerprint density at radius 2 is 2.15 bits per heavy atom. The van der Waals surface area contributed by atoms with Crippen molar-refractivity contribution in [2.75, 3.05) is 18.1 Å². The highest BCUT2D eigenvalue weighted by molar-refractivity contribution is 7.85. The summed E-state index contributed by atoms with van der Waals surface area (Å²) in [5.74, 6) is 1.65. The van der Waals surface area contributed by atoms with Gasteiger partial charge in [-0.05, 0) is 30.2 Å². The summed E-state index contributed by atoms with van der Waals surface area (Å²) in [5.41, 5.74) is 7.46. The van der Waals surface area contributed by atoms with E-state index in [1.165, 1.54) is 0 Å². The van der Waals surface area contributed by atoms with E-state index in [-0.39, 0.29) is 5.92 Å². The molecule has 1 aliphatic rings. The van der Waals surface area contributed by atoms with E-state index in [4.69, 9.17) is 10.5 Å². The molecule has 2 N–H and O–H groups in total. The number of hydrogen-bond acceptors (Lipinski definition) is 4. The van der Waals surface area contributed by atoms with Crippen LogP contribution >= 0.6 is 0 Å². The molecule has 2 heterocycles. The molecule has 1 aliphatic heterocycles. The number of nitrogen functional groups attached to an aromatic ring is 1. The smallest absolute Gasteiger partial charge is 0.150 e. The summed E-state index contributed by atoms with van der Waals surface area (Å²) in [6, 6.07) is 11.4. The first-order valence-electron chi connectivity index (χ1n) is 6.56. The summed E-state index contributed by atoms with van der Waals surface area (Å²) in [6.07, 6.45) is 2.50. The Morgan fingerprint density at radius 1 is 1.30 bits per heavy atom. The normalized spacial score (nSPS) is 18.9. The SMILES string of the molecule is Nc1cccnc1S(=O)CC1CCOc2ccccc21. The number of ether oxygens (including phenoxy) is 1. The summed E-state index contributed by atoms with van der Waals surface area (Å²) in [5, 5.41) is 0.483. The van der Waals surface area contributed by atoms with Gasteiger partial charge in [-0.3, -0.25) is 4.21 Å². The van der Waals surface area contributed by atoms with Crippen LogP contribution in [0.2, 0.25) is 0 Å². The molecule has 2 unspecified atom stereocenters. The molecular weight excluding hydrogens is 272 g/mol. The molecule has 0 spiro atoms. The van der Waals surface area contributed by atoms with Gasteiger partial charge in [0.05, 0.1) is 23.1 Å². The summed E-state index contributed by atoms with van der Waals surface area (Å²) in [6.45, 7) is 0.663. The van der Waals surface area contributed by atoms with Crippen LogP contribution in [0.15, 0.2) is 47.6 Å². The molecule has 0 aliphatic carbocycles. The average Bonchev–Trinajstić information content (AvgIpc) is 2.48. The van der Waals surface area contributed by atoms with Crippen molar-refractivity contribution in [1.82, 2.24) is 4.98 Å². The van der Waals surface area contributed by atoms with Gasteiger partial charge in [0.25, 0.3) is 0 Å². The highest BCUT2D eigenvalue weighted by Crippen LogP contribution is 2.34. The zero-order chi connectivity index (χ0) is 13.9. The molecule has 0 fully saturated rings. The predicted molar refractivity (Wildman–Crippen MR) is 79.2 cm³/mol. The fourth-order valence-corrected chi connectivity index (χ4v) is 3.82. The van der Waals surface area contributed by atoms with Gasteiger partial charge in [-0.2, -0.15) is 0 Å². The van der Waals surface area contributed by atoms with E-state index in [1.807, 2.05) is 24.3 Å². The predicted octanol–water partition coefficient (Wildman–Crippen LogP) is 2.34. The lowest BCUT2D eigenvalue weighted by molar-refractivity contribution is 0.273. The molecular formula is C15H16N2O2S.